The number of hydrogen-bond donors (Lipinski definition) is 1. The molecule has 1 aliphatic rings. The van der Waals surface area contributed by atoms with Crippen LogP contribution in [0, 0.1) is 12.7 Å². The van der Waals surface area contributed by atoms with Crippen molar-refractivity contribution in [1.29, 1.82) is 0 Å². The van der Waals surface area contributed by atoms with Crippen LogP contribution in [0.1, 0.15) is 31.2 Å². The lowest BCUT2D eigenvalue weighted by atomic mass is 9.92. The smallest absolute Gasteiger partial charge is 0.127 e. The summed E-state index contributed by atoms with van der Waals surface area (Å²) in [5, 5.41) is 3.82. The molecule has 0 spiro atoms. The monoisotopic (exact) mass is 271 g/mol. The molecule has 1 aliphatic carbocycles. The molecule has 100 valence electrons. The van der Waals surface area contributed by atoms with E-state index in [-0.39, 0.29) is 18.0 Å². The molecule has 0 heterocycles. The van der Waals surface area contributed by atoms with Crippen molar-refractivity contribution in [3.05, 3.63) is 28.5 Å². The Bertz CT molecular complexity index is 425. The Morgan fingerprint density at radius 3 is 2.78 bits per heavy atom. The summed E-state index contributed by atoms with van der Waals surface area (Å²) in [4.78, 5) is 0. The second-order valence-corrected chi connectivity index (χ2v) is 5.30. The van der Waals surface area contributed by atoms with Gasteiger partial charge in [0.25, 0.3) is 0 Å². The molecular formula is C14H19ClFNO. The molecule has 0 saturated heterocycles. The zero-order chi connectivity index (χ0) is 13.1. The van der Waals surface area contributed by atoms with Gasteiger partial charge in [-0.05, 0) is 37.5 Å². The first kappa shape index (κ1) is 13.6. The SMILES string of the molecule is COC1CCCCC1Nc1cc(C)c(F)cc1Cl. The fourth-order valence-corrected chi connectivity index (χ4v) is 2.72. The van der Waals surface area contributed by atoms with E-state index in [4.69, 9.17) is 16.3 Å². The van der Waals surface area contributed by atoms with Gasteiger partial charge in [0.05, 0.1) is 22.9 Å². The van der Waals surface area contributed by atoms with Gasteiger partial charge in [-0.2, -0.15) is 0 Å². The van der Waals surface area contributed by atoms with Gasteiger partial charge < -0.3 is 10.1 Å². The van der Waals surface area contributed by atoms with Gasteiger partial charge in [0.2, 0.25) is 0 Å². The average molecular weight is 272 g/mol. The topological polar surface area (TPSA) is 21.3 Å². The molecule has 0 bridgehead atoms. The summed E-state index contributed by atoms with van der Waals surface area (Å²) < 4.78 is 18.8. The van der Waals surface area contributed by atoms with Gasteiger partial charge in [0, 0.05) is 7.11 Å². The third-order valence-electron chi connectivity index (χ3n) is 3.59. The van der Waals surface area contributed by atoms with E-state index in [1.165, 1.54) is 18.9 Å². The molecule has 1 saturated carbocycles. The zero-order valence-electron chi connectivity index (χ0n) is 10.8. The number of methoxy groups -OCH3 is 1. The van der Waals surface area contributed by atoms with Gasteiger partial charge in [-0.25, -0.2) is 4.39 Å². The summed E-state index contributed by atoms with van der Waals surface area (Å²) >= 11 is 6.07. The molecule has 0 aromatic heterocycles. The summed E-state index contributed by atoms with van der Waals surface area (Å²) in [6.07, 6.45) is 4.72. The van der Waals surface area contributed by atoms with Crippen LogP contribution >= 0.6 is 11.6 Å². The largest absolute Gasteiger partial charge is 0.379 e. The molecular weight excluding hydrogens is 253 g/mol. The molecule has 0 amide bonds. The second-order valence-electron chi connectivity index (χ2n) is 4.89. The Morgan fingerprint density at radius 1 is 1.33 bits per heavy atom. The van der Waals surface area contributed by atoms with E-state index in [0.717, 1.165) is 18.5 Å². The number of aryl methyl sites for hydroxylation is 1. The number of anilines is 1. The summed E-state index contributed by atoms with van der Waals surface area (Å²) in [5.74, 6) is -0.266. The summed E-state index contributed by atoms with van der Waals surface area (Å²) in [6, 6.07) is 3.38. The highest BCUT2D eigenvalue weighted by Crippen LogP contribution is 2.29. The van der Waals surface area contributed by atoms with E-state index in [9.17, 15) is 4.39 Å². The fraction of sp³-hybridized carbons (Fsp3) is 0.571. The molecule has 0 aliphatic heterocycles. The number of nitrogens with one attached hydrogen (secondary N) is 1. The lowest BCUT2D eigenvalue weighted by molar-refractivity contribution is 0.0606. The van der Waals surface area contributed by atoms with Crippen molar-refractivity contribution in [1.82, 2.24) is 0 Å². The highest BCUT2D eigenvalue weighted by molar-refractivity contribution is 6.33. The minimum Gasteiger partial charge on any atom is -0.379 e. The lowest BCUT2D eigenvalue weighted by Crippen LogP contribution is -2.37. The summed E-state index contributed by atoms with van der Waals surface area (Å²) in [5.41, 5.74) is 1.40. The fourth-order valence-electron chi connectivity index (χ4n) is 2.51. The van der Waals surface area contributed by atoms with Crippen molar-refractivity contribution < 1.29 is 9.13 Å². The maximum absolute atomic E-state index is 13.3. The normalized spacial score (nSPS) is 24.0. The van der Waals surface area contributed by atoms with Crippen LogP contribution < -0.4 is 5.32 Å². The molecule has 2 unspecified atom stereocenters. The number of ether oxygens (including phenoxy) is 1. The highest BCUT2D eigenvalue weighted by Gasteiger charge is 2.25. The van der Waals surface area contributed by atoms with Gasteiger partial charge >= 0.3 is 0 Å². The van der Waals surface area contributed by atoms with Crippen LogP contribution in [0.15, 0.2) is 12.1 Å². The quantitative estimate of drug-likeness (QED) is 0.891. The minimum atomic E-state index is -0.266. The average Bonchev–Trinajstić information content (AvgIpc) is 2.36. The molecule has 18 heavy (non-hydrogen) atoms. The van der Waals surface area contributed by atoms with E-state index in [1.54, 1.807) is 20.1 Å². The Labute approximate surface area is 112 Å². The van der Waals surface area contributed by atoms with Gasteiger partial charge in [-0.3, -0.25) is 0 Å². The van der Waals surface area contributed by atoms with Crippen molar-refractivity contribution in [3.63, 3.8) is 0 Å². The predicted octanol–water partition coefficient (Wildman–Crippen LogP) is 4.16. The van der Waals surface area contributed by atoms with Crippen LogP contribution in [0.5, 0.6) is 0 Å². The van der Waals surface area contributed by atoms with Crippen molar-refractivity contribution in [2.75, 3.05) is 12.4 Å². The number of hydrogen-bond acceptors (Lipinski definition) is 2. The van der Waals surface area contributed by atoms with Crippen LogP contribution in [0.4, 0.5) is 10.1 Å². The lowest BCUT2D eigenvalue weighted by Gasteiger charge is -2.32. The van der Waals surface area contributed by atoms with Crippen LogP contribution in [0.3, 0.4) is 0 Å². The molecule has 2 atom stereocenters. The first-order valence-electron chi connectivity index (χ1n) is 6.37. The first-order valence-corrected chi connectivity index (χ1v) is 6.74. The zero-order valence-corrected chi connectivity index (χ0v) is 11.6. The standard InChI is InChI=1S/C14H19ClFNO/c1-9-7-13(10(15)8-11(9)16)17-12-5-3-4-6-14(12)18-2/h7-8,12,14,17H,3-6H2,1-2H3. The molecule has 2 nitrogen and oxygen atoms in total. The molecule has 2 rings (SSSR count). The molecule has 1 N–H and O–H groups in total. The first-order chi connectivity index (χ1) is 8.61. The molecule has 1 aromatic carbocycles. The number of rotatable bonds is 3. The predicted molar refractivity (Wildman–Crippen MR) is 72.8 cm³/mol. The van der Waals surface area contributed by atoms with Crippen molar-refractivity contribution >= 4 is 17.3 Å². The van der Waals surface area contributed by atoms with Crippen LogP contribution in [0.25, 0.3) is 0 Å². The summed E-state index contributed by atoms with van der Waals surface area (Å²) in [6.45, 7) is 1.74. The van der Waals surface area contributed by atoms with E-state index in [1.807, 2.05) is 0 Å². The maximum atomic E-state index is 13.3. The second kappa shape index (κ2) is 5.89. The van der Waals surface area contributed by atoms with E-state index < -0.39 is 0 Å². The molecule has 1 aromatic rings. The Kier molecular flexibility index (Phi) is 4.46. The van der Waals surface area contributed by atoms with Gasteiger partial charge in [-0.15, -0.1) is 0 Å². The Morgan fingerprint density at radius 2 is 2.06 bits per heavy atom. The van der Waals surface area contributed by atoms with Crippen LogP contribution in [0.2, 0.25) is 5.02 Å². The van der Waals surface area contributed by atoms with Crippen molar-refractivity contribution in [2.24, 2.45) is 0 Å². The molecule has 0 radical (unpaired) electrons. The van der Waals surface area contributed by atoms with Gasteiger partial charge in [0.1, 0.15) is 5.82 Å². The minimum absolute atomic E-state index is 0.208. The molecule has 4 heteroatoms. The third kappa shape index (κ3) is 2.96. The Hall–Kier alpha value is -0.800. The number of halogens is 2. The van der Waals surface area contributed by atoms with Gasteiger partial charge in [-0.1, -0.05) is 24.4 Å². The summed E-state index contributed by atoms with van der Waals surface area (Å²) in [7, 11) is 1.74. The van der Waals surface area contributed by atoms with Crippen molar-refractivity contribution in [3.8, 4) is 0 Å². The maximum Gasteiger partial charge on any atom is 0.127 e. The van der Waals surface area contributed by atoms with Crippen LogP contribution in [-0.4, -0.2) is 19.3 Å². The van der Waals surface area contributed by atoms with Crippen molar-refractivity contribution in [2.45, 2.75) is 44.8 Å². The highest BCUT2D eigenvalue weighted by atomic mass is 35.5. The van der Waals surface area contributed by atoms with E-state index in [0.29, 0.717) is 10.6 Å². The number of benzene rings is 1. The molecule has 1 fully saturated rings. The van der Waals surface area contributed by atoms with E-state index >= 15 is 0 Å². The Balaban J connectivity index is 2.15. The van der Waals surface area contributed by atoms with E-state index in [2.05, 4.69) is 5.32 Å². The van der Waals surface area contributed by atoms with Crippen LogP contribution in [-0.2, 0) is 4.74 Å². The van der Waals surface area contributed by atoms with Gasteiger partial charge in [0.15, 0.2) is 0 Å². The third-order valence-corrected chi connectivity index (χ3v) is 3.91.